The van der Waals surface area contributed by atoms with Crippen LogP contribution < -0.4 is 5.32 Å². The van der Waals surface area contributed by atoms with Crippen LogP contribution in [0.1, 0.15) is 57.9 Å². The molecule has 0 spiro atoms. The van der Waals surface area contributed by atoms with E-state index in [1.54, 1.807) is 0 Å². The fourth-order valence-corrected chi connectivity index (χ4v) is 2.24. The molecule has 1 N–H and O–H groups in total. The minimum atomic E-state index is -0.157. The van der Waals surface area contributed by atoms with Crippen LogP contribution in [0.3, 0.4) is 0 Å². The van der Waals surface area contributed by atoms with Crippen LogP contribution >= 0.6 is 0 Å². The smallest absolute Gasteiger partial charge is 0.246 e. The van der Waals surface area contributed by atoms with Gasteiger partial charge in [0.1, 0.15) is 6.10 Å². The van der Waals surface area contributed by atoms with Gasteiger partial charge in [-0.3, -0.25) is 0 Å². The van der Waals surface area contributed by atoms with Crippen molar-refractivity contribution in [3.8, 4) is 0 Å². The van der Waals surface area contributed by atoms with Crippen molar-refractivity contribution in [2.24, 2.45) is 0 Å². The molecule has 17 heavy (non-hydrogen) atoms. The van der Waals surface area contributed by atoms with Gasteiger partial charge in [-0.15, -0.1) is 0 Å². The van der Waals surface area contributed by atoms with E-state index >= 15 is 0 Å². The molecule has 1 fully saturated rings. The largest absolute Gasteiger partial charge is 0.370 e. The van der Waals surface area contributed by atoms with Crippen LogP contribution in [0, 0.1) is 0 Å². The molecule has 1 aliphatic rings. The lowest BCUT2D eigenvalue weighted by atomic mass is 10.0. The summed E-state index contributed by atoms with van der Waals surface area (Å²) in [5, 5.41) is 7.46. The Morgan fingerprint density at radius 2 is 2.35 bits per heavy atom. The summed E-state index contributed by atoms with van der Waals surface area (Å²) < 4.78 is 11.0. The van der Waals surface area contributed by atoms with Gasteiger partial charge in [-0.05, 0) is 39.7 Å². The van der Waals surface area contributed by atoms with Crippen LogP contribution in [0.15, 0.2) is 4.52 Å². The van der Waals surface area contributed by atoms with E-state index in [0.717, 1.165) is 25.8 Å². The van der Waals surface area contributed by atoms with Gasteiger partial charge in [0.15, 0.2) is 0 Å². The maximum Gasteiger partial charge on any atom is 0.246 e. The standard InChI is InChI=1S/C12H21N3O2/c1-4-9(16-5-2)10-14-11(17-15-10)12(3)7-6-8-13-12/h9,13H,4-8H2,1-3H3. The van der Waals surface area contributed by atoms with Gasteiger partial charge in [0.2, 0.25) is 11.7 Å². The fraction of sp³-hybridized carbons (Fsp3) is 0.833. The molecule has 0 radical (unpaired) electrons. The number of ether oxygens (including phenoxy) is 1. The lowest BCUT2D eigenvalue weighted by Crippen LogP contribution is -2.33. The minimum absolute atomic E-state index is 0.0532. The quantitative estimate of drug-likeness (QED) is 0.853. The Morgan fingerprint density at radius 1 is 1.53 bits per heavy atom. The molecule has 1 aromatic heterocycles. The summed E-state index contributed by atoms with van der Waals surface area (Å²) in [6, 6.07) is 0. The minimum Gasteiger partial charge on any atom is -0.370 e. The normalized spacial score (nSPS) is 26.3. The van der Waals surface area contributed by atoms with Gasteiger partial charge in [0, 0.05) is 6.61 Å². The Labute approximate surface area is 102 Å². The van der Waals surface area contributed by atoms with Gasteiger partial charge in [0.05, 0.1) is 5.54 Å². The Morgan fingerprint density at radius 3 is 2.94 bits per heavy atom. The van der Waals surface area contributed by atoms with Crippen molar-refractivity contribution in [3.05, 3.63) is 11.7 Å². The molecule has 5 nitrogen and oxygen atoms in total. The predicted molar refractivity (Wildman–Crippen MR) is 63.5 cm³/mol. The van der Waals surface area contributed by atoms with Gasteiger partial charge in [-0.2, -0.15) is 4.98 Å². The monoisotopic (exact) mass is 239 g/mol. The van der Waals surface area contributed by atoms with Crippen molar-refractivity contribution in [3.63, 3.8) is 0 Å². The highest BCUT2D eigenvalue weighted by Crippen LogP contribution is 2.30. The van der Waals surface area contributed by atoms with E-state index in [1.165, 1.54) is 0 Å². The van der Waals surface area contributed by atoms with Crippen molar-refractivity contribution in [1.29, 1.82) is 0 Å². The molecule has 5 heteroatoms. The van der Waals surface area contributed by atoms with Crippen LogP contribution in [-0.2, 0) is 10.3 Å². The molecular weight excluding hydrogens is 218 g/mol. The molecular formula is C12H21N3O2. The highest BCUT2D eigenvalue weighted by Gasteiger charge is 2.36. The van der Waals surface area contributed by atoms with Crippen LogP contribution in [0.2, 0.25) is 0 Å². The number of nitrogens with zero attached hydrogens (tertiary/aromatic N) is 2. The van der Waals surface area contributed by atoms with E-state index in [2.05, 4.69) is 29.3 Å². The maximum atomic E-state index is 5.58. The molecule has 0 bridgehead atoms. The first-order valence-electron chi connectivity index (χ1n) is 6.40. The van der Waals surface area contributed by atoms with Crippen molar-refractivity contribution in [2.75, 3.05) is 13.2 Å². The van der Waals surface area contributed by atoms with Gasteiger partial charge in [-0.25, -0.2) is 0 Å². The molecule has 0 aromatic carbocycles. The molecule has 0 aliphatic carbocycles. The zero-order valence-electron chi connectivity index (χ0n) is 10.8. The Balaban J connectivity index is 2.14. The number of rotatable bonds is 5. The Hall–Kier alpha value is -0.940. The maximum absolute atomic E-state index is 5.58. The second-order valence-electron chi connectivity index (χ2n) is 4.67. The molecule has 0 saturated carbocycles. The molecule has 2 unspecified atom stereocenters. The lowest BCUT2D eigenvalue weighted by molar-refractivity contribution is 0.0518. The van der Waals surface area contributed by atoms with Gasteiger partial charge in [0.25, 0.3) is 0 Å². The van der Waals surface area contributed by atoms with Gasteiger partial charge in [-0.1, -0.05) is 12.1 Å². The predicted octanol–water partition coefficient (Wildman–Crippen LogP) is 2.16. The Kier molecular flexibility index (Phi) is 3.79. The topological polar surface area (TPSA) is 60.2 Å². The Bertz CT molecular complexity index is 358. The SMILES string of the molecule is CCOC(CC)c1noc(C2(C)CCCN2)n1. The average Bonchev–Trinajstić information content (AvgIpc) is 2.95. The van der Waals surface area contributed by atoms with Crippen molar-refractivity contribution in [1.82, 2.24) is 15.5 Å². The van der Waals surface area contributed by atoms with Crippen LogP contribution in [-0.4, -0.2) is 23.3 Å². The number of hydrogen-bond acceptors (Lipinski definition) is 5. The highest BCUT2D eigenvalue weighted by atomic mass is 16.5. The van der Waals surface area contributed by atoms with Crippen molar-refractivity contribution < 1.29 is 9.26 Å². The van der Waals surface area contributed by atoms with E-state index < -0.39 is 0 Å². The van der Waals surface area contributed by atoms with E-state index in [0.29, 0.717) is 18.3 Å². The average molecular weight is 239 g/mol. The van der Waals surface area contributed by atoms with Crippen molar-refractivity contribution in [2.45, 2.75) is 51.7 Å². The summed E-state index contributed by atoms with van der Waals surface area (Å²) in [7, 11) is 0. The first-order valence-corrected chi connectivity index (χ1v) is 6.40. The van der Waals surface area contributed by atoms with Gasteiger partial charge >= 0.3 is 0 Å². The molecule has 2 heterocycles. The first kappa shape index (κ1) is 12.5. The van der Waals surface area contributed by atoms with E-state index in [4.69, 9.17) is 9.26 Å². The summed E-state index contributed by atoms with van der Waals surface area (Å²) in [4.78, 5) is 4.49. The molecule has 96 valence electrons. The summed E-state index contributed by atoms with van der Waals surface area (Å²) in [6.07, 6.45) is 3.00. The third-order valence-electron chi connectivity index (χ3n) is 3.31. The molecule has 1 aromatic rings. The second kappa shape index (κ2) is 5.14. The third-order valence-corrected chi connectivity index (χ3v) is 3.31. The second-order valence-corrected chi connectivity index (χ2v) is 4.67. The third kappa shape index (κ3) is 2.50. The number of hydrogen-bond donors (Lipinski definition) is 1. The van der Waals surface area contributed by atoms with Gasteiger partial charge < -0.3 is 14.6 Å². The first-order chi connectivity index (χ1) is 8.19. The van der Waals surface area contributed by atoms with E-state index in [1.807, 2.05) is 6.92 Å². The summed E-state index contributed by atoms with van der Waals surface area (Å²) >= 11 is 0. The summed E-state index contributed by atoms with van der Waals surface area (Å²) in [5.74, 6) is 1.35. The molecule has 2 rings (SSSR count). The van der Waals surface area contributed by atoms with Crippen LogP contribution in [0.4, 0.5) is 0 Å². The van der Waals surface area contributed by atoms with Crippen molar-refractivity contribution >= 4 is 0 Å². The molecule has 1 saturated heterocycles. The number of nitrogens with one attached hydrogen (secondary N) is 1. The zero-order chi connectivity index (χ0) is 12.3. The zero-order valence-corrected chi connectivity index (χ0v) is 10.8. The van der Waals surface area contributed by atoms with Crippen LogP contribution in [0.5, 0.6) is 0 Å². The van der Waals surface area contributed by atoms with Crippen LogP contribution in [0.25, 0.3) is 0 Å². The summed E-state index contributed by atoms with van der Waals surface area (Å²) in [5.41, 5.74) is -0.157. The number of aromatic nitrogens is 2. The van der Waals surface area contributed by atoms with E-state index in [9.17, 15) is 0 Å². The van der Waals surface area contributed by atoms with E-state index in [-0.39, 0.29) is 11.6 Å². The summed E-state index contributed by atoms with van der Waals surface area (Å²) in [6.45, 7) is 7.82. The molecule has 1 aliphatic heterocycles. The molecule has 0 amide bonds. The lowest BCUT2D eigenvalue weighted by Gasteiger charge is -2.18. The molecule has 2 atom stereocenters. The fourth-order valence-electron chi connectivity index (χ4n) is 2.24. The highest BCUT2D eigenvalue weighted by molar-refractivity contribution is 5.05.